The van der Waals surface area contributed by atoms with Gasteiger partial charge in [-0.15, -0.1) is 0 Å². The maximum Gasteiger partial charge on any atom is 0.311 e. The maximum absolute atomic E-state index is 11.4. The van der Waals surface area contributed by atoms with E-state index in [1.807, 2.05) is 19.9 Å². The summed E-state index contributed by atoms with van der Waals surface area (Å²) in [7, 11) is 0. The first kappa shape index (κ1) is 13.8. The molecule has 1 aliphatic rings. The molecule has 19 heavy (non-hydrogen) atoms. The number of aryl methyl sites for hydroxylation is 2. The zero-order valence-corrected chi connectivity index (χ0v) is 11.8. The van der Waals surface area contributed by atoms with E-state index in [9.17, 15) is 9.90 Å². The van der Waals surface area contributed by atoms with Gasteiger partial charge in [-0.1, -0.05) is 6.92 Å². The minimum Gasteiger partial charge on any atom is -0.481 e. The molecule has 0 aliphatic carbocycles. The number of carboxylic acid groups (broad SMARTS) is 1. The van der Waals surface area contributed by atoms with Gasteiger partial charge in [0.05, 0.1) is 5.41 Å². The normalized spacial score (nSPS) is 23.4. The molecule has 1 aliphatic heterocycles. The van der Waals surface area contributed by atoms with E-state index in [1.165, 1.54) is 0 Å². The lowest BCUT2D eigenvalue weighted by atomic mass is 9.82. The molecule has 5 nitrogen and oxygen atoms in total. The lowest BCUT2D eigenvalue weighted by Gasteiger charge is -2.38. The minimum absolute atomic E-state index is 0.516. The highest BCUT2D eigenvalue weighted by Gasteiger charge is 2.38. The summed E-state index contributed by atoms with van der Waals surface area (Å²) in [6, 6.07) is 1.97. The maximum atomic E-state index is 11.4. The molecule has 5 heteroatoms. The van der Waals surface area contributed by atoms with Crippen molar-refractivity contribution in [3.05, 3.63) is 17.6 Å². The van der Waals surface area contributed by atoms with Gasteiger partial charge in [0.25, 0.3) is 0 Å². The van der Waals surface area contributed by atoms with Crippen LogP contribution in [0.3, 0.4) is 0 Å². The summed E-state index contributed by atoms with van der Waals surface area (Å²) in [5.41, 5.74) is 0.328. The highest BCUT2D eigenvalue weighted by atomic mass is 16.4. The quantitative estimate of drug-likeness (QED) is 0.904. The van der Waals surface area contributed by atoms with Crippen molar-refractivity contribution in [2.45, 2.75) is 40.0 Å². The van der Waals surface area contributed by atoms with E-state index in [1.54, 1.807) is 0 Å². The number of aliphatic carboxylic acids is 1. The van der Waals surface area contributed by atoms with Gasteiger partial charge < -0.3 is 10.0 Å². The summed E-state index contributed by atoms with van der Waals surface area (Å²) in [4.78, 5) is 22.3. The average molecular weight is 263 g/mol. The summed E-state index contributed by atoms with van der Waals surface area (Å²) in [5.74, 6) is 0.882. The van der Waals surface area contributed by atoms with Crippen molar-refractivity contribution in [1.29, 1.82) is 0 Å². The second kappa shape index (κ2) is 5.15. The van der Waals surface area contributed by atoms with Gasteiger partial charge in [-0.3, -0.25) is 4.79 Å². The Morgan fingerprint density at radius 2 is 2.26 bits per heavy atom. The largest absolute Gasteiger partial charge is 0.481 e. The van der Waals surface area contributed by atoms with Crippen LogP contribution in [0.15, 0.2) is 6.07 Å². The van der Waals surface area contributed by atoms with Crippen LogP contribution in [0.5, 0.6) is 0 Å². The second-order valence-electron chi connectivity index (χ2n) is 5.51. The van der Waals surface area contributed by atoms with Crippen molar-refractivity contribution in [2.24, 2.45) is 5.41 Å². The number of anilines is 1. The molecule has 0 aromatic carbocycles. The fourth-order valence-corrected chi connectivity index (χ4v) is 2.56. The molecule has 2 heterocycles. The van der Waals surface area contributed by atoms with Crippen LogP contribution in [-0.2, 0) is 11.2 Å². The molecule has 1 aromatic heterocycles. The standard InChI is InChI=1S/C14H21N3O2/c1-4-11-8-12(16-10(2)15-11)17-7-5-6-14(3,9-17)13(18)19/h8H,4-7,9H2,1-3H3,(H,18,19). The Morgan fingerprint density at radius 3 is 2.89 bits per heavy atom. The molecule has 1 saturated heterocycles. The molecule has 0 radical (unpaired) electrons. The predicted octanol–water partition coefficient (Wildman–Crippen LogP) is 2.04. The SMILES string of the molecule is CCc1cc(N2CCCC(C)(C(=O)O)C2)nc(C)n1. The fourth-order valence-electron chi connectivity index (χ4n) is 2.56. The molecule has 2 rings (SSSR count). The molecule has 1 atom stereocenters. The van der Waals surface area contributed by atoms with Gasteiger partial charge in [-0.25, -0.2) is 9.97 Å². The lowest BCUT2D eigenvalue weighted by Crippen LogP contribution is -2.46. The van der Waals surface area contributed by atoms with E-state index < -0.39 is 11.4 Å². The molecule has 0 bridgehead atoms. The van der Waals surface area contributed by atoms with Crippen molar-refractivity contribution in [3.63, 3.8) is 0 Å². The van der Waals surface area contributed by atoms with Gasteiger partial charge in [-0.05, 0) is 33.1 Å². The first-order valence-electron chi connectivity index (χ1n) is 6.77. The van der Waals surface area contributed by atoms with Crippen LogP contribution in [0.1, 0.15) is 38.2 Å². The van der Waals surface area contributed by atoms with Gasteiger partial charge in [0.2, 0.25) is 0 Å². The molecule has 0 saturated carbocycles. The van der Waals surface area contributed by atoms with Crippen molar-refractivity contribution in [3.8, 4) is 0 Å². The van der Waals surface area contributed by atoms with Crippen LogP contribution >= 0.6 is 0 Å². The number of hydrogen-bond acceptors (Lipinski definition) is 4. The molecule has 0 spiro atoms. The van der Waals surface area contributed by atoms with Crippen LogP contribution < -0.4 is 4.90 Å². The van der Waals surface area contributed by atoms with Gasteiger partial charge in [-0.2, -0.15) is 0 Å². The van der Waals surface area contributed by atoms with Gasteiger partial charge in [0.15, 0.2) is 0 Å². The predicted molar refractivity (Wildman–Crippen MR) is 73.3 cm³/mol. The molecule has 1 aromatic rings. The van der Waals surface area contributed by atoms with E-state index in [4.69, 9.17) is 0 Å². The molecule has 1 N–H and O–H groups in total. The van der Waals surface area contributed by atoms with E-state index in [-0.39, 0.29) is 0 Å². The van der Waals surface area contributed by atoms with E-state index in [2.05, 4.69) is 21.8 Å². The highest BCUT2D eigenvalue weighted by Crippen LogP contribution is 2.32. The van der Waals surface area contributed by atoms with Crippen molar-refractivity contribution in [1.82, 2.24) is 9.97 Å². The molecule has 104 valence electrons. The third-order valence-electron chi connectivity index (χ3n) is 3.78. The molecule has 1 unspecified atom stereocenters. The number of piperidine rings is 1. The van der Waals surface area contributed by atoms with E-state index in [0.29, 0.717) is 6.54 Å². The first-order chi connectivity index (χ1) is 8.94. The highest BCUT2D eigenvalue weighted by molar-refractivity contribution is 5.75. The van der Waals surface area contributed by atoms with Crippen LogP contribution in [0.2, 0.25) is 0 Å². The molecule has 1 fully saturated rings. The van der Waals surface area contributed by atoms with Crippen molar-refractivity contribution < 1.29 is 9.90 Å². The van der Waals surface area contributed by atoms with E-state index >= 15 is 0 Å². The minimum atomic E-state index is -0.723. The fraction of sp³-hybridized carbons (Fsp3) is 0.643. The number of rotatable bonds is 3. The first-order valence-corrected chi connectivity index (χ1v) is 6.77. The van der Waals surface area contributed by atoms with Crippen LogP contribution in [0, 0.1) is 12.3 Å². The number of carbonyl (C=O) groups is 1. The smallest absolute Gasteiger partial charge is 0.311 e. The molecular weight excluding hydrogens is 242 g/mol. The summed E-state index contributed by atoms with van der Waals surface area (Å²) in [5, 5.41) is 9.36. The summed E-state index contributed by atoms with van der Waals surface area (Å²) >= 11 is 0. The van der Waals surface area contributed by atoms with Crippen molar-refractivity contribution >= 4 is 11.8 Å². The number of hydrogen-bond donors (Lipinski definition) is 1. The molecular formula is C14H21N3O2. The van der Waals surface area contributed by atoms with E-state index in [0.717, 1.165) is 43.1 Å². The number of aromatic nitrogens is 2. The molecule has 0 amide bonds. The average Bonchev–Trinajstić information content (AvgIpc) is 2.38. The topological polar surface area (TPSA) is 66.3 Å². The number of carboxylic acids is 1. The second-order valence-corrected chi connectivity index (χ2v) is 5.51. The monoisotopic (exact) mass is 263 g/mol. The zero-order valence-electron chi connectivity index (χ0n) is 11.8. The van der Waals surface area contributed by atoms with Crippen LogP contribution in [0.25, 0.3) is 0 Å². The zero-order chi connectivity index (χ0) is 14.0. The van der Waals surface area contributed by atoms with Gasteiger partial charge in [0, 0.05) is 24.8 Å². The summed E-state index contributed by atoms with van der Waals surface area (Å²) in [6.45, 7) is 7.13. The third kappa shape index (κ3) is 2.85. The Hall–Kier alpha value is -1.65. The Morgan fingerprint density at radius 1 is 1.53 bits per heavy atom. The van der Waals surface area contributed by atoms with Gasteiger partial charge >= 0.3 is 5.97 Å². The lowest BCUT2D eigenvalue weighted by molar-refractivity contribution is -0.148. The Labute approximate surface area is 113 Å². The summed E-state index contributed by atoms with van der Waals surface area (Å²) in [6.07, 6.45) is 2.47. The Balaban J connectivity index is 2.26. The summed E-state index contributed by atoms with van der Waals surface area (Å²) < 4.78 is 0. The van der Waals surface area contributed by atoms with Gasteiger partial charge in [0.1, 0.15) is 11.6 Å². The van der Waals surface area contributed by atoms with Crippen LogP contribution in [0.4, 0.5) is 5.82 Å². The van der Waals surface area contributed by atoms with Crippen LogP contribution in [-0.4, -0.2) is 34.1 Å². The van der Waals surface area contributed by atoms with Crippen molar-refractivity contribution in [2.75, 3.05) is 18.0 Å². The third-order valence-corrected chi connectivity index (χ3v) is 3.78. The number of nitrogens with zero attached hydrogens (tertiary/aromatic N) is 3. The Bertz CT molecular complexity index is 490. The Kier molecular flexibility index (Phi) is 3.73.